The van der Waals surface area contributed by atoms with Crippen LogP contribution >= 0.6 is 0 Å². The number of pyridine rings is 1. The fourth-order valence-corrected chi connectivity index (χ4v) is 3.82. The van der Waals surface area contributed by atoms with Gasteiger partial charge in [0.15, 0.2) is 0 Å². The van der Waals surface area contributed by atoms with Crippen LogP contribution in [0, 0.1) is 0 Å². The van der Waals surface area contributed by atoms with Gasteiger partial charge >= 0.3 is 0 Å². The van der Waals surface area contributed by atoms with Crippen molar-refractivity contribution in [2.24, 2.45) is 0 Å². The van der Waals surface area contributed by atoms with Crippen molar-refractivity contribution in [1.82, 2.24) is 9.97 Å². The maximum atomic E-state index is 5.53. The molecule has 2 aliphatic heterocycles. The zero-order valence-corrected chi connectivity index (χ0v) is 15.4. The van der Waals surface area contributed by atoms with Gasteiger partial charge < -0.3 is 24.3 Å². The molecule has 5 rings (SSSR count). The van der Waals surface area contributed by atoms with E-state index in [9.17, 15) is 0 Å². The van der Waals surface area contributed by atoms with E-state index in [4.69, 9.17) is 14.5 Å². The summed E-state index contributed by atoms with van der Waals surface area (Å²) in [6, 6.07) is 13.0. The molecule has 0 aliphatic carbocycles. The molecule has 4 heterocycles. The van der Waals surface area contributed by atoms with Crippen molar-refractivity contribution in [3.05, 3.63) is 42.6 Å². The number of nitrogens with one attached hydrogen (secondary N) is 1. The summed E-state index contributed by atoms with van der Waals surface area (Å²) >= 11 is 0. The third-order valence-electron chi connectivity index (χ3n) is 5.36. The second-order valence-corrected chi connectivity index (χ2v) is 7.05. The molecule has 0 amide bonds. The van der Waals surface area contributed by atoms with E-state index in [1.165, 1.54) is 11.1 Å². The van der Waals surface area contributed by atoms with E-state index in [0.717, 1.165) is 75.2 Å². The van der Waals surface area contributed by atoms with Crippen LogP contribution in [-0.2, 0) is 9.47 Å². The first-order valence-corrected chi connectivity index (χ1v) is 9.62. The minimum atomic E-state index is 0.758. The lowest BCUT2D eigenvalue weighted by molar-refractivity contribution is 0.122. The molecular weight excluding hydrogens is 340 g/mol. The Morgan fingerprint density at radius 2 is 1.56 bits per heavy atom. The summed E-state index contributed by atoms with van der Waals surface area (Å²) in [5.41, 5.74) is 4.53. The summed E-state index contributed by atoms with van der Waals surface area (Å²) < 4.78 is 11.1. The van der Waals surface area contributed by atoms with E-state index in [-0.39, 0.29) is 0 Å². The van der Waals surface area contributed by atoms with Gasteiger partial charge in [-0.25, -0.2) is 4.98 Å². The highest BCUT2D eigenvalue weighted by molar-refractivity contribution is 5.85. The van der Waals surface area contributed by atoms with Crippen LogP contribution in [-0.4, -0.2) is 62.6 Å². The Morgan fingerprint density at radius 3 is 2.33 bits per heavy atom. The van der Waals surface area contributed by atoms with Gasteiger partial charge in [0.25, 0.3) is 0 Å². The van der Waals surface area contributed by atoms with Gasteiger partial charge in [-0.1, -0.05) is 6.07 Å². The first-order valence-electron chi connectivity index (χ1n) is 9.62. The summed E-state index contributed by atoms with van der Waals surface area (Å²) in [5.74, 6) is 1.03. The smallest absolute Gasteiger partial charge is 0.131 e. The molecule has 0 radical (unpaired) electrons. The number of morpholine rings is 2. The van der Waals surface area contributed by atoms with E-state index >= 15 is 0 Å². The van der Waals surface area contributed by atoms with Crippen LogP contribution in [0.15, 0.2) is 42.6 Å². The Hall–Kier alpha value is -2.57. The molecule has 6 nitrogen and oxygen atoms in total. The predicted octanol–water partition coefficient (Wildman–Crippen LogP) is 2.90. The molecule has 0 saturated carbocycles. The zero-order chi connectivity index (χ0) is 18.1. The third kappa shape index (κ3) is 3.38. The molecule has 2 aromatic heterocycles. The molecule has 0 spiro atoms. The number of aromatic amines is 1. The normalized spacial score (nSPS) is 18.2. The molecule has 3 aromatic rings. The van der Waals surface area contributed by atoms with Crippen molar-refractivity contribution >= 4 is 22.4 Å². The Bertz CT molecular complexity index is 891. The Kier molecular flexibility index (Phi) is 4.43. The quantitative estimate of drug-likeness (QED) is 0.774. The van der Waals surface area contributed by atoms with Crippen molar-refractivity contribution in [1.29, 1.82) is 0 Å². The van der Waals surface area contributed by atoms with Crippen LogP contribution in [0.2, 0.25) is 0 Å². The van der Waals surface area contributed by atoms with E-state index in [1.807, 2.05) is 6.20 Å². The molecule has 1 aromatic carbocycles. The number of hydrogen-bond donors (Lipinski definition) is 1. The average molecular weight is 364 g/mol. The van der Waals surface area contributed by atoms with Gasteiger partial charge in [-0.05, 0) is 24.3 Å². The number of ether oxygens (including phenoxy) is 2. The number of fused-ring (bicyclic) bond motifs is 1. The first kappa shape index (κ1) is 16.6. The molecular formula is C21H24N4O2. The molecule has 0 bridgehead atoms. The van der Waals surface area contributed by atoms with E-state index in [0.29, 0.717) is 0 Å². The lowest BCUT2D eigenvalue weighted by atomic mass is 10.1. The summed E-state index contributed by atoms with van der Waals surface area (Å²) in [5, 5.41) is 1.21. The van der Waals surface area contributed by atoms with Gasteiger partial charge in [-0.15, -0.1) is 0 Å². The lowest BCUT2D eigenvalue weighted by Crippen LogP contribution is -2.38. The average Bonchev–Trinajstić information content (AvgIpc) is 3.22. The fraction of sp³-hybridized carbons (Fsp3) is 0.381. The zero-order valence-electron chi connectivity index (χ0n) is 15.4. The Balaban J connectivity index is 1.57. The topological polar surface area (TPSA) is 53.6 Å². The fourth-order valence-electron chi connectivity index (χ4n) is 3.82. The van der Waals surface area contributed by atoms with E-state index in [1.54, 1.807) is 0 Å². The number of aromatic nitrogens is 2. The van der Waals surface area contributed by atoms with Crippen molar-refractivity contribution < 1.29 is 9.47 Å². The number of anilines is 2. The standard InChI is InChI=1S/C21H24N4O2/c1-2-19-17(3-4-22-19)13-16(1)20-14-18(24-5-9-26-10-6-24)15-21(23-20)25-7-11-27-12-8-25/h1-4,13-15,22H,5-12H2. The SMILES string of the molecule is c1cc2cc(-c3cc(N4CCOCC4)cc(N4CCOCC4)n3)ccc2[nH]1. The van der Waals surface area contributed by atoms with Crippen LogP contribution < -0.4 is 9.80 Å². The number of nitrogens with zero attached hydrogens (tertiary/aromatic N) is 3. The molecule has 2 aliphatic rings. The molecule has 2 fully saturated rings. The van der Waals surface area contributed by atoms with Crippen molar-refractivity contribution in [3.8, 4) is 11.3 Å². The van der Waals surface area contributed by atoms with Crippen molar-refractivity contribution in [3.63, 3.8) is 0 Å². The van der Waals surface area contributed by atoms with Gasteiger partial charge in [0.1, 0.15) is 5.82 Å². The third-order valence-corrected chi connectivity index (χ3v) is 5.36. The second kappa shape index (κ2) is 7.21. The van der Waals surface area contributed by atoms with Crippen LogP contribution in [0.5, 0.6) is 0 Å². The molecule has 0 atom stereocenters. The molecule has 6 heteroatoms. The number of hydrogen-bond acceptors (Lipinski definition) is 5. The highest BCUT2D eigenvalue weighted by atomic mass is 16.5. The van der Waals surface area contributed by atoms with Gasteiger partial charge in [-0.2, -0.15) is 0 Å². The largest absolute Gasteiger partial charge is 0.378 e. The maximum Gasteiger partial charge on any atom is 0.131 e. The van der Waals surface area contributed by atoms with Crippen molar-refractivity contribution in [2.45, 2.75) is 0 Å². The highest BCUT2D eigenvalue weighted by Gasteiger charge is 2.18. The van der Waals surface area contributed by atoms with Crippen LogP contribution in [0.3, 0.4) is 0 Å². The monoisotopic (exact) mass is 364 g/mol. The van der Waals surface area contributed by atoms with E-state index < -0.39 is 0 Å². The van der Waals surface area contributed by atoms with Gasteiger partial charge in [0, 0.05) is 60.6 Å². The molecule has 1 N–H and O–H groups in total. The molecule has 0 unspecified atom stereocenters. The molecule has 140 valence electrons. The predicted molar refractivity (Wildman–Crippen MR) is 108 cm³/mol. The summed E-state index contributed by atoms with van der Waals surface area (Å²) in [4.78, 5) is 13.0. The minimum Gasteiger partial charge on any atom is -0.378 e. The number of benzene rings is 1. The Labute approximate surface area is 158 Å². The summed E-state index contributed by atoms with van der Waals surface area (Å²) in [6.07, 6.45) is 1.98. The van der Waals surface area contributed by atoms with Crippen LogP contribution in [0.4, 0.5) is 11.5 Å². The highest BCUT2D eigenvalue weighted by Crippen LogP contribution is 2.30. The van der Waals surface area contributed by atoms with Gasteiger partial charge in [0.2, 0.25) is 0 Å². The van der Waals surface area contributed by atoms with E-state index in [2.05, 4.69) is 51.2 Å². The van der Waals surface area contributed by atoms with Gasteiger partial charge in [-0.3, -0.25) is 0 Å². The first-order chi connectivity index (χ1) is 13.4. The second-order valence-electron chi connectivity index (χ2n) is 7.05. The van der Waals surface area contributed by atoms with Crippen LogP contribution in [0.1, 0.15) is 0 Å². The minimum absolute atomic E-state index is 0.758. The summed E-state index contributed by atoms with van der Waals surface area (Å²) in [6.45, 7) is 6.68. The van der Waals surface area contributed by atoms with Crippen molar-refractivity contribution in [2.75, 3.05) is 62.4 Å². The number of H-pyrrole nitrogens is 1. The van der Waals surface area contributed by atoms with Gasteiger partial charge in [0.05, 0.1) is 32.1 Å². The lowest BCUT2D eigenvalue weighted by Gasteiger charge is -2.32. The number of rotatable bonds is 3. The summed E-state index contributed by atoms with van der Waals surface area (Å²) in [7, 11) is 0. The molecule has 27 heavy (non-hydrogen) atoms. The maximum absolute atomic E-state index is 5.53. The van der Waals surface area contributed by atoms with Crippen LogP contribution in [0.25, 0.3) is 22.2 Å². The molecule has 2 saturated heterocycles. The Morgan fingerprint density at radius 1 is 0.815 bits per heavy atom.